The number of β-lactam (4-membered cyclic amide) rings is 1. The van der Waals surface area contributed by atoms with Gasteiger partial charge in [0.15, 0.2) is 0 Å². The number of rotatable bonds is 4. The summed E-state index contributed by atoms with van der Waals surface area (Å²) >= 11 is 2.40. The third-order valence-corrected chi connectivity index (χ3v) is 7.84. The summed E-state index contributed by atoms with van der Waals surface area (Å²) in [6, 6.07) is 10.4. The zero-order valence-corrected chi connectivity index (χ0v) is 20.1. The number of benzene rings is 2. The largest absolute Gasteiger partial charge is 0.361 e. The van der Waals surface area contributed by atoms with Gasteiger partial charge < -0.3 is 14.4 Å². The summed E-state index contributed by atoms with van der Waals surface area (Å²) < 4.78 is 6.41. The molecular formula is C23H20IN4O2P. The fourth-order valence-electron chi connectivity index (χ4n) is 4.78. The lowest BCUT2D eigenvalue weighted by Crippen LogP contribution is -2.57. The third-order valence-electron chi connectivity index (χ3n) is 6.47. The van der Waals surface area contributed by atoms with E-state index in [2.05, 4.69) is 59.1 Å². The summed E-state index contributed by atoms with van der Waals surface area (Å²) in [6.07, 6.45) is 5.72. The molecule has 0 spiro atoms. The van der Waals surface area contributed by atoms with Crippen LogP contribution in [0.4, 0.5) is 5.69 Å². The zero-order chi connectivity index (χ0) is 21.3. The summed E-state index contributed by atoms with van der Waals surface area (Å²) in [5.41, 5.74) is 6.04. The SMILES string of the molecule is Cc1oncc1-c1cc(P)c(C2C(C3CC3)C(=O)N2c2ccc3[nH]cnc3c2)c(I)c1. The maximum absolute atomic E-state index is 13.3. The lowest BCUT2D eigenvalue weighted by molar-refractivity contribution is -0.131. The number of carbonyl (C=O) groups is 1. The van der Waals surface area contributed by atoms with E-state index in [1.807, 2.05) is 30.0 Å². The molecule has 1 amide bonds. The molecule has 1 aliphatic carbocycles. The van der Waals surface area contributed by atoms with Crippen molar-refractivity contribution in [2.75, 3.05) is 4.90 Å². The minimum atomic E-state index is 0.0356. The van der Waals surface area contributed by atoms with Gasteiger partial charge in [-0.05, 0) is 95.0 Å². The summed E-state index contributed by atoms with van der Waals surface area (Å²) in [5.74, 6) is 1.56. The molecule has 6 rings (SSSR count). The van der Waals surface area contributed by atoms with Crippen molar-refractivity contribution in [1.82, 2.24) is 15.1 Å². The highest BCUT2D eigenvalue weighted by atomic mass is 127. The van der Waals surface area contributed by atoms with E-state index < -0.39 is 0 Å². The molecule has 0 bridgehead atoms. The zero-order valence-electron chi connectivity index (χ0n) is 16.8. The molecule has 1 N–H and O–H groups in total. The topological polar surface area (TPSA) is 75.0 Å². The molecule has 31 heavy (non-hydrogen) atoms. The van der Waals surface area contributed by atoms with Crippen molar-refractivity contribution >= 4 is 59.8 Å². The predicted octanol–water partition coefficient (Wildman–Crippen LogP) is 4.75. The minimum Gasteiger partial charge on any atom is -0.361 e. The van der Waals surface area contributed by atoms with Gasteiger partial charge in [0.2, 0.25) is 5.91 Å². The van der Waals surface area contributed by atoms with Crippen molar-refractivity contribution in [3.05, 3.63) is 57.7 Å². The van der Waals surface area contributed by atoms with Gasteiger partial charge in [-0.2, -0.15) is 0 Å². The summed E-state index contributed by atoms with van der Waals surface area (Å²) in [7, 11) is 2.89. The van der Waals surface area contributed by atoms with Gasteiger partial charge in [0.05, 0.1) is 35.5 Å². The van der Waals surface area contributed by atoms with E-state index in [1.54, 1.807) is 12.5 Å². The van der Waals surface area contributed by atoms with Crippen LogP contribution in [0.1, 0.15) is 30.2 Å². The van der Waals surface area contributed by atoms with E-state index >= 15 is 0 Å². The highest BCUT2D eigenvalue weighted by Crippen LogP contribution is 2.54. The van der Waals surface area contributed by atoms with E-state index in [4.69, 9.17) is 4.52 Å². The average Bonchev–Trinajstić information content (AvgIpc) is 3.27. The fraction of sp³-hybridized carbons (Fsp3) is 0.261. The molecule has 3 heterocycles. The first-order valence-electron chi connectivity index (χ1n) is 10.3. The molecule has 8 heteroatoms. The smallest absolute Gasteiger partial charge is 0.233 e. The number of hydrogen-bond donors (Lipinski definition) is 1. The van der Waals surface area contributed by atoms with Crippen LogP contribution in [-0.2, 0) is 4.79 Å². The van der Waals surface area contributed by atoms with Crippen LogP contribution in [0.25, 0.3) is 22.2 Å². The number of H-pyrrole nitrogens is 1. The summed E-state index contributed by atoms with van der Waals surface area (Å²) in [5, 5.41) is 5.03. The lowest BCUT2D eigenvalue weighted by Gasteiger charge is -2.48. The van der Waals surface area contributed by atoms with Gasteiger partial charge in [-0.15, -0.1) is 9.24 Å². The molecule has 2 aromatic carbocycles. The highest BCUT2D eigenvalue weighted by Gasteiger charge is 2.56. The number of aromatic nitrogens is 3. The van der Waals surface area contributed by atoms with Crippen LogP contribution in [0.5, 0.6) is 0 Å². The van der Waals surface area contributed by atoms with E-state index in [0.717, 1.165) is 55.3 Å². The van der Waals surface area contributed by atoms with Crippen LogP contribution in [0.3, 0.4) is 0 Å². The number of nitrogens with one attached hydrogen (secondary N) is 1. The molecule has 6 nitrogen and oxygen atoms in total. The van der Waals surface area contributed by atoms with Gasteiger partial charge in [0.1, 0.15) is 5.76 Å². The van der Waals surface area contributed by atoms with Gasteiger partial charge in [-0.1, -0.05) is 5.16 Å². The number of hydrogen-bond acceptors (Lipinski definition) is 4. The van der Waals surface area contributed by atoms with Crippen LogP contribution in [0.2, 0.25) is 0 Å². The van der Waals surface area contributed by atoms with E-state index in [1.165, 1.54) is 5.56 Å². The van der Waals surface area contributed by atoms with Crippen molar-refractivity contribution in [3.63, 3.8) is 0 Å². The van der Waals surface area contributed by atoms with Crippen molar-refractivity contribution in [2.24, 2.45) is 11.8 Å². The number of halogens is 1. The standard InChI is InChI=1S/C23H20IN4O2P/c1-11-15(9-27-30-11)13-6-16(24)21(19(31)7-13)22-20(12-2-3-12)23(29)28(22)14-4-5-17-18(8-14)26-10-25-17/h4-10,12,20,22H,2-3,31H2,1H3,(H,25,26). The van der Waals surface area contributed by atoms with E-state index in [9.17, 15) is 4.79 Å². The number of carbonyl (C=O) groups excluding carboxylic acids is 1. The second-order valence-electron chi connectivity index (χ2n) is 8.38. The number of aromatic amines is 1. The first-order chi connectivity index (χ1) is 15.0. The normalized spacial score (nSPS) is 21.0. The van der Waals surface area contributed by atoms with Crippen LogP contribution in [-0.4, -0.2) is 21.0 Å². The van der Waals surface area contributed by atoms with Crippen LogP contribution in [0.15, 0.2) is 47.4 Å². The van der Waals surface area contributed by atoms with Gasteiger partial charge >= 0.3 is 0 Å². The van der Waals surface area contributed by atoms with Crippen LogP contribution >= 0.6 is 31.8 Å². The number of anilines is 1. The first kappa shape index (κ1) is 19.4. The monoisotopic (exact) mass is 542 g/mol. The quantitative estimate of drug-likeness (QED) is 0.230. The Bertz CT molecular complexity index is 1320. The van der Waals surface area contributed by atoms with Crippen molar-refractivity contribution in [3.8, 4) is 11.1 Å². The molecule has 1 aliphatic heterocycles. The Morgan fingerprint density at radius 3 is 2.81 bits per heavy atom. The summed E-state index contributed by atoms with van der Waals surface area (Å²) in [6.45, 7) is 1.92. The van der Waals surface area contributed by atoms with Gasteiger partial charge in [0, 0.05) is 14.8 Å². The van der Waals surface area contributed by atoms with E-state index in [-0.39, 0.29) is 17.9 Å². The Labute approximate surface area is 195 Å². The molecular weight excluding hydrogens is 522 g/mol. The maximum Gasteiger partial charge on any atom is 0.233 e. The molecule has 1 saturated heterocycles. The Morgan fingerprint density at radius 1 is 1.26 bits per heavy atom. The maximum atomic E-state index is 13.3. The van der Waals surface area contributed by atoms with Crippen molar-refractivity contribution < 1.29 is 9.32 Å². The van der Waals surface area contributed by atoms with Gasteiger partial charge in [-0.3, -0.25) is 4.79 Å². The fourth-order valence-corrected chi connectivity index (χ4v) is 6.54. The van der Waals surface area contributed by atoms with Crippen LogP contribution in [0, 0.1) is 22.3 Å². The number of nitrogens with zero attached hydrogens (tertiary/aromatic N) is 3. The van der Waals surface area contributed by atoms with Crippen LogP contribution < -0.4 is 10.2 Å². The van der Waals surface area contributed by atoms with Crippen molar-refractivity contribution in [1.29, 1.82) is 0 Å². The molecule has 2 aromatic heterocycles. The molecule has 3 atom stereocenters. The second kappa shape index (κ2) is 7.14. The minimum absolute atomic E-state index is 0.0356. The molecule has 2 aliphatic rings. The number of amides is 1. The Kier molecular flexibility index (Phi) is 4.47. The number of fused-ring (bicyclic) bond motifs is 1. The Hall–Kier alpha value is -2.25. The molecule has 0 radical (unpaired) electrons. The third kappa shape index (κ3) is 3.04. The van der Waals surface area contributed by atoms with Crippen molar-refractivity contribution in [2.45, 2.75) is 25.8 Å². The number of aryl methyl sites for hydroxylation is 1. The molecule has 2 fully saturated rings. The Morgan fingerprint density at radius 2 is 2.10 bits per heavy atom. The molecule has 3 unspecified atom stereocenters. The predicted molar refractivity (Wildman–Crippen MR) is 131 cm³/mol. The lowest BCUT2D eigenvalue weighted by atomic mass is 9.78. The molecule has 4 aromatic rings. The van der Waals surface area contributed by atoms with E-state index in [0.29, 0.717) is 5.92 Å². The van der Waals surface area contributed by atoms with Gasteiger partial charge in [-0.25, -0.2) is 4.98 Å². The summed E-state index contributed by atoms with van der Waals surface area (Å²) in [4.78, 5) is 22.8. The number of imidazole rings is 1. The molecule has 156 valence electrons. The average molecular weight is 542 g/mol. The molecule has 1 saturated carbocycles. The van der Waals surface area contributed by atoms with Gasteiger partial charge in [0.25, 0.3) is 0 Å². The highest BCUT2D eigenvalue weighted by molar-refractivity contribution is 14.1. The first-order valence-corrected chi connectivity index (χ1v) is 12.0. The second-order valence-corrected chi connectivity index (χ2v) is 10.2. The Balaban J connectivity index is 1.45.